The molecule has 0 amide bonds. The number of carbonyl (C=O) groups excluding carboxylic acids is 2. The first-order valence-corrected chi connectivity index (χ1v) is 18.5. The molecule has 1 heterocycles. The van der Waals surface area contributed by atoms with Crippen LogP contribution in [-0.2, 0) is 14.3 Å². The summed E-state index contributed by atoms with van der Waals surface area (Å²) in [5, 5.41) is 21.8. The molecule has 252 valence electrons. The second kappa shape index (κ2) is 10.8. The van der Waals surface area contributed by atoms with Crippen LogP contribution >= 0.6 is 0 Å². The van der Waals surface area contributed by atoms with Crippen molar-refractivity contribution < 1.29 is 24.5 Å². The summed E-state index contributed by atoms with van der Waals surface area (Å²) in [6.07, 6.45) is 11.3. The van der Waals surface area contributed by atoms with Crippen molar-refractivity contribution >= 4 is 11.6 Å². The van der Waals surface area contributed by atoms with Gasteiger partial charge in [0.15, 0.2) is 5.78 Å². The number of aromatic hydroxyl groups is 1. The number of ether oxygens (including phenoxy) is 1. The summed E-state index contributed by atoms with van der Waals surface area (Å²) in [5.41, 5.74) is 2.36. The molecule has 1 aromatic rings. The molecule has 0 aromatic heterocycles. The van der Waals surface area contributed by atoms with E-state index in [0.717, 1.165) is 56.1 Å². The van der Waals surface area contributed by atoms with Crippen molar-refractivity contribution in [1.82, 2.24) is 0 Å². The van der Waals surface area contributed by atoms with Gasteiger partial charge in [0, 0.05) is 23.2 Å². The van der Waals surface area contributed by atoms with Gasteiger partial charge < -0.3 is 14.9 Å². The molecule has 1 saturated heterocycles. The number of hydrogen-bond acceptors (Lipinski definition) is 5. The number of Topliss-reactive ketones (excluding diaryl/α,β-unsaturated/α-hetero) is 2. The molecular formula is C41H58O5. The minimum absolute atomic E-state index is 0.0551. The van der Waals surface area contributed by atoms with Gasteiger partial charge in [-0.15, -0.1) is 0 Å². The lowest BCUT2D eigenvalue weighted by Gasteiger charge is -2.68. The summed E-state index contributed by atoms with van der Waals surface area (Å²) in [4.78, 5) is 28.6. The molecule has 1 aromatic carbocycles. The molecule has 9 unspecified atom stereocenters. The van der Waals surface area contributed by atoms with Gasteiger partial charge in [0.2, 0.25) is 0 Å². The normalized spacial score (nSPS) is 41.4. The van der Waals surface area contributed by atoms with E-state index in [4.69, 9.17) is 4.74 Å². The van der Waals surface area contributed by atoms with Crippen molar-refractivity contribution in [3.63, 3.8) is 0 Å². The zero-order valence-corrected chi connectivity index (χ0v) is 29.5. The number of hydrogen-bond donors (Lipinski definition) is 2. The largest absolute Gasteiger partial charge is 0.508 e. The zero-order chi connectivity index (χ0) is 33.0. The summed E-state index contributed by atoms with van der Waals surface area (Å²) in [7, 11) is 0. The van der Waals surface area contributed by atoms with Crippen molar-refractivity contribution in [1.29, 1.82) is 0 Å². The van der Waals surface area contributed by atoms with Crippen LogP contribution in [0, 0.1) is 45.3 Å². The Morgan fingerprint density at radius 2 is 1.63 bits per heavy atom. The molecule has 46 heavy (non-hydrogen) atoms. The Hall–Kier alpha value is -1.98. The molecule has 0 bridgehead atoms. The van der Waals surface area contributed by atoms with Crippen LogP contribution in [0.3, 0.4) is 0 Å². The Morgan fingerprint density at radius 3 is 2.28 bits per heavy atom. The van der Waals surface area contributed by atoms with Crippen LogP contribution in [0.4, 0.5) is 0 Å². The van der Waals surface area contributed by atoms with Gasteiger partial charge >= 0.3 is 0 Å². The van der Waals surface area contributed by atoms with Crippen molar-refractivity contribution in [3.05, 3.63) is 41.0 Å². The quantitative estimate of drug-likeness (QED) is 0.307. The van der Waals surface area contributed by atoms with E-state index in [1.54, 1.807) is 12.1 Å². The van der Waals surface area contributed by atoms with Crippen molar-refractivity contribution in [2.75, 3.05) is 0 Å². The molecule has 7 rings (SSSR count). The standard InChI is InChI=1S/C41H58O5/c1-37(2)32-18-19-40(6)33(39(32,5)22-28(35(37)45)25-14-11-15-26(42)20-25)17-16-29-34(31(44)23-41(29,40)7)27(24-12-9-8-10-13-24)21-30(43)36-38(3,4)46-36/h11,14-15,20,24,27-28,30,32-33,36,42-43H,8-10,12-13,16-19,21-23H2,1-7H3. The van der Waals surface area contributed by atoms with Crippen LogP contribution in [0.1, 0.15) is 137 Å². The number of carbonyl (C=O) groups is 2. The monoisotopic (exact) mass is 630 g/mol. The first kappa shape index (κ1) is 32.6. The average molecular weight is 631 g/mol. The maximum atomic E-state index is 14.5. The highest BCUT2D eigenvalue weighted by molar-refractivity contribution is 6.01. The summed E-state index contributed by atoms with van der Waals surface area (Å²) >= 11 is 0. The number of aliphatic hydroxyl groups is 1. The SMILES string of the molecule is CC1(C)OC1C(O)CC(C1=C2CCC3C4(C)CC(c5cccc(O)c5)C(=O)C(C)(C)C4CCC3(C)C2(C)CC1=O)C1CCCCC1. The molecule has 9 atom stereocenters. The van der Waals surface area contributed by atoms with Gasteiger partial charge in [-0.3, -0.25) is 9.59 Å². The predicted molar refractivity (Wildman–Crippen MR) is 180 cm³/mol. The predicted octanol–water partition coefficient (Wildman–Crippen LogP) is 8.71. The molecule has 5 fully saturated rings. The molecule has 2 N–H and O–H groups in total. The number of rotatable bonds is 6. The minimum atomic E-state index is -0.549. The molecule has 0 spiro atoms. The van der Waals surface area contributed by atoms with Crippen molar-refractivity contribution in [3.8, 4) is 5.75 Å². The number of ketones is 2. The lowest BCUT2D eigenvalue weighted by molar-refractivity contribution is -0.183. The topological polar surface area (TPSA) is 87.1 Å². The summed E-state index contributed by atoms with van der Waals surface area (Å²) < 4.78 is 5.90. The third kappa shape index (κ3) is 4.67. The van der Waals surface area contributed by atoms with Gasteiger partial charge in [-0.05, 0) is 123 Å². The van der Waals surface area contributed by atoms with Gasteiger partial charge in [0.25, 0.3) is 0 Å². The van der Waals surface area contributed by atoms with Crippen molar-refractivity contribution in [2.45, 2.75) is 149 Å². The number of aliphatic hydroxyl groups excluding tert-OH is 1. The molecule has 5 aliphatic carbocycles. The Morgan fingerprint density at radius 1 is 0.935 bits per heavy atom. The second-order valence-electron chi connectivity index (χ2n) is 18.3. The van der Waals surface area contributed by atoms with Gasteiger partial charge in [-0.1, -0.05) is 71.6 Å². The Labute approximate surface area is 277 Å². The molecule has 0 radical (unpaired) electrons. The highest BCUT2D eigenvalue weighted by Crippen LogP contribution is 2.75. The van der Waals surface area contributed by atoms with E-state index >= 15 is 0 Å². The molecular weight excluding hydrogens is 572 g/mol. The fraction of sp³-hybridized carbons (Fsp3) is 0.756. The van der Waals surface area contributed by atoms with Crippen LogP contribution in [0.5, 0.6) is 5.75 Å². The van der Waals surface area contributed by atoms with Crippen LogP contribution < -0.4 is 0 Å². The van der Waals surface area contributed by atoms with Crippen LogP contribution in [0.15, 0.2) is 35.4 Å². The number of benzene rings is 1. The highest BCUT2D eigenvalue weighted by atomic mass is 16.6. The van der Waals surface area contributed by atoms with E-state index in [1.807, 2.05) is 12.1 Å². The number of phenols is 1. The Bertz CT molecular complexity index is 1450. The zero-order valence-electron chi connectivity index (χ0n) is 29.5. The summed E-state index contributed by atoms with van der Waals surface area (Å²) in [6.45, 7) is 15.8. The van der Waals surface area contributed by atoms with Gasteiger partial charge in [-0.2, -0.15) is 0 Å². The van der Waals surface area contributed by atoms with Crippen LogP contribution in [0.25, 0.3) is 0 Å². The Kier molecular flexibility index (Phi) is 7.62. The number of fused-ring (bicyclic) bond motifs is 5. The average Bonchev–Trinajstić information content (AvgIpc) is 3.55. The first-order chi connectivity index (χ1) is 21.5. The van der Waals surface area contributed by atoms with Gasteiger partial charge in [0.1, 0.15) is 17.6 Å². The van der Waals surface area contributed by atoms with Crippen LogP contribution in [0.2, 0.25) is 0 Å². The van der Waals surface area contributed by atoms with E-state index < -0.39 is 11.5 Å². The van der Waals surface area contributed by atoms with Crippen molar-refractivity contribution in [2.24, 2.45) is 45.3 Å². The molecule has 4 saturated carbocycles. The summed E-state index contributed by atoms with van der Waals surface area (Å²) in [5.74, 6) is 1.86. The molecule has 6 aliphatic rings. The number of allylic oxidation sites excluding steroid dienone is 2. The van der Waals surface area contributed by atoms with E-state index in [1.165, 1.54) is 24.8 Å². The fourth-order valence-electron chi connectivity index (χ4n) is 12.8. The van der Waals surface area contributed by atoms with E-state index in [2.05, 4.69) is 48.5 Å². The maximum Gasteiger partial charge on any atom is 0.160 e. The minimum Gasteiger partial charge on any atom is -0.508 e. The molecule has 5 heteroatoms. The second-order valence-corrected chi connectivity index (χ2v) is 18.3. The third-order valence-electron chi connectivity index (χ3n) is 15.3. The smallest absolute Gasteiger partial charge is 0.160 e. The lowest BCUT2D eigenvalue weighted by Crippen LogP contribution is -2.63. The molecule has 1 aliphatic heterocycles. The van der Waals surface area contributed by atoms with Gasteiger partial charge in [-0.25, -0.2) is 0 Å². The van der Waals surface area contributed by atoms with Crippen LogP contribution in [-0.4, -0.2) is 39.6 Å². The lowest BCUT2D eigenvalue weighted by atomic mass is 9.35. The highest BCUT2D eigenvalue weighted by Gasteiger charge is 2.69. The Balaban J connectivity index is 1.27. The summed E-state index contributed by atoms with van der Waals surface area (Å²) in [6, 6.07) is 7.36. The number of epoxide rings is 1. The number of phenolic OH excluding ortho intramolecular Hbond substituents is 1. The fourth-order valence-corrected chi connectivity index (χ4v) is 12.8. The van der Waals surface area contributed by atoms with E-state index in [0.29, 0.717) is 36.2 Å². The molecule has 5 nitrogen and oxygen atoms in total. The van der Waals surface area contributed by atoms with E-state index in [-0.39, 0.29) is 51.5 Å². The van der Waals surface area contributed by atoms with E-state index in [9.17, 15) is 19.8 Å². The van der Waals surface area contributed by atoms with Gasteiger partial charge in [0.05, 0.1) is 11.7 Å². The maximum absolute atomic E-state index is 14.5. The first-order valence-electron chi connectivity index (χ1n) is 18.5. The third-order valence-corrected chi connectivity index (χ3v) is 15.3.